The standard InChI is InChI=1S/C14H18BrNO2/c1-18-14-11(12(17)8-16)7-9-5-3-2-4-6-10(9)13(14)15/h7H,2-6,8,16H2,1H3. The number of halogens is 1. The maximum Gasteiger partial charge on any atom is 0.180 e. The van der Waals surface area contributed by atoms with Gasteiger partial charge in [-0.25, -0.2) is 0 Å². The van der Waals surface area contributed by atoms with E-state index in [0.29, 0.717) is 11.3 Å². The molecule has 2 rings (SSSR count). The Morgan fingerprint density at radius 1 is 1.39 bits per heavy atom. The van der Waals surface area contributed by atoms with Crippen LogP contribution in [-0.4, -0.2) is 19.4 Å². The number of carbonyl (C=O) groups excluding carboxylic acids is 1. The molecule has 0 fully saturated rings. The Bertz CT molecular complexity index is 471. The van der Waals surface area contributed by atoms with Crippen molar-refractivity contribution in [3.63, 3.8) is 0 Å². The summed E-state index contributed by atoms with van der Waals surface area (Å²) in [6.07, 6.45) is 5.69. The molecule has 4 heteroatoms. The van der Waals surface area contributed by atoms with Crippen LogP contribution in [0.5, 0.6) is 5.75 Å². The summed E-state index contributed by atoms with van der Waals surface area (Å²) in [4.78, 5) is 11.9. The van der Waals surface area contributed by atoms with Crippen LogP contribution in [0.4, 0.5) is 0 Å². The summed E-state index contributed by atoms with van der Waals surface area (Å²) < 4.78 is 6.31. The number of hydrogen-bond acceptors (Lipinski definition) is 3. The van der Waals surface area contributed by atoms with Crippen molar-refractivity contribution < 1.29 is 9.53 Å². The highest BCUT2D eigenvalue weighted by Gasteiger charge is 2.21. The summed E-state index contributed by atoms with van der Waals surface area (Å²) in [5, 5.41) is 0. The van der Waals surface area contributed by atoms with Crippen LogP contribution in [0.3, 0.4) is 0 Å². The summed E-state index contributed by atoms with van der Waals surface area (Å²) >= 11 is 3.59. The minimum Gasteiger partial charge on any atom is -0.495 e. The first-order valence-electron chi connectivity index (χ1n) is 6.30. The van der Waals surface area contributed by atoms with Gasteiger partial charge in [0.1, 0.15) is 5.75 Å². The van der Waals surface area contributed by atoms with Gasteiger partial charge in [-0.3, -0.25) is 4.79 Å². The lowest BCUT2D eigenvalue weighted by Crippen LogP contribution is -2.16. The van der Waals surface area contributed by atoms with Crippen molar-refractivity contribution in [2.45, 2.75) is 32.1 Å². The molecule has 3 nitrogen and oxygen atoms in total. The third kappa shape index (κ3) is 2.45. The van der Waals surface area contributed by atoms with Crippen molar-refractivity contribution >= 4 is 21.7 Å². The third-order valence-electron chi connectivity index (χ3n) is 3.48. The summed E-state index contributed by atoms with van der Waals surface area (Å²) in [7, 11) is 1.59. The fourth-order valence-corrected chi connectivity index (χ4v) is 3.36. The summed E-state index contributed by atoms with van der Waals surface area (Å²) in [5.41, 5.74) is 8.62. The molecule has 0 spiro atoms. The SMILES string of the molecule is COc1c(C(=O)CN)cc2c(c1Br)CCCCC2. The van der Waals surface area contributed by atoms with E-state index < -0.39 is 0 Å². The van der Waals surface area contributed by atoms with Crippen LogP contribution in [0.25, 0.3) is 0 Å². The number of methoxy groups -OCH3 is 1. The lowest BCUT2D eigenvalue weighted by molar-refractivity contribution is 0.0998. The van der Waals surface area contributed by atoms with Crippen molar-refractivity contribution in [2.24, 2.45) is 5.73 Å². The molecule has 18 heavy (non-hydrogen) atoms. The maximum atomic E-state index is 11.9. The average Bonchev–Trinajstić information content (AvgIpc) is 2.63. The van der Waals surface area contributed by atoms with Gasteiger partial charge in [0.15, 0.2) is 5.78 Å². The fraction of sp³-hybridized carbons (Fsp3) is 0.500. The molecule has 2 N–H and O–H groups in total. The van der Waals surface area contributed by atoms with Crippen LogP contribution in [0.1, 0.15) is 40.7 Å². The van der Waals surface area contributed by atoms with Gasteiger partial charge >= 0.3 is 0 Å². The molecule has 0 aromatic heterocycles. The van der Waals surface area contributed by atoms with Crippen molar-refractivity contribution in [3.8, 4) is 5.75 Å². The number of nitrogens with two attached hydrogens (primary N) is 1. The number of hydrogen-bond donors (Lipinski definition) is 1. The lowest BCUT2D eigenvalue weighted by atomic mass is 9.97. The second kappa shape index (κ2) is 5.85. The Morgan fingerprint density at radius 2 is 2.11 bits per heavy atom. The first-order chi connectivity index (χ1) is 8.69. The highest BCUT2D eigenvalue weighted by Crippen LogP contribution is 2.37. The molecule has 0 unspecified atom stereocenters. The van der Waals surface area contributed by atoms with E-state index in [1.165, 1.54) is 30.4 Å². The number of fused-ring (bicyclic) bond motifs is 1. The largest absolute Gasteiger partial charge is 0.495 e. The molecule has 1 aliphatic rings. The van der Waals surface area contributed by atoms with E-state index in [1.807, 2.05) is 6.07 Å². The van der Waals surface area contributed by atoms with Gasteiger partial charge in [-0.1, -0.05) is 6.42 Å². The quantitative estimate of drug-likeness (QED) is 0.690. The van der Waals surface area contributed by atoms with E-state index in [0.717, 1.165) is 17.3 Å². The zero-order valence-electron chi connectivity index (χ0n) is 10.6. The minimum atomic E-state index is -0.0698. The Morgan fingerprint density at radius 3 is 2.78 bits per heavy atom. The Kier molecular flexibility index (Phi) is 4.40. The van der Waals surface area contributed by atoms with Crippen LogP contribution in [0, 0.1) is 0 Å². The van der Waals surface area contributed by atoms with Gasteiger partial charge in [-0.15, -0.1) is 0 Å². The molecule has 0 heterocycles. The molecule has 0 radical (unpaired) electrons. The van der Waals surface area contributed by atoms with E-state index in [2.05, 4.69) is 15.9 Å². The number of carbonyl (C=O) groups is 1. The number of ether oxygens (including phenoxy) is 1. The van der Waals surface area contributed by atoms with E-state index in [9.17, 15) is 4.79 Å². The highest BCUT2D eigenvalue weighted by molar-refractivity contribution is 9.10. The molecule has 98 valence electrons. The molecule has 1 aromatic rings. The van der Waals surface area contributed by atoms with E-state index in [4.69, 9.17) is 10.5 Å². The van der Waals surface area contributed by atoms with Gasteiger partial charge in [-0.05, 0) is 58.8 Å². The number of aryl methyl sites for hydroxylation is 1. The topological polar surface area (TPSA) is 52.3 Å². The summed E-state index contributed by atoms with van der Waals surface area (Å²) in [6, 6.07) is 1.97. The van der Waals surface area contributed by atoms with Gasteiger partial charge in [0.2, 0.25) is 0 Å². The molecule has 0 bridgehead atoms. The third-order valence-corrected chi connectivity index (χ3v) is 4.32. The first-order valence-corrected chi connectivity index (χ1v) is 7.09. The molecule has 0 saturated heterocycles. The predicted molar refractivity (Wildman–Crippen MR) is 75.3 cm³/mol. The number of rotatable bonds is 3. The van der Waals surface area contributed by atoms with Crippen molar-refractivity contribution in [2.75, 3.05) is 13.7 Å². The van der Waals surface area contributed by atoms with Gasteiger partial charge < -0.3 is 10.5 Å². The monoisotopic (exact) mass is 311 g/mol. The second-order valence-corrected chi connectivity index (χ2v) is 5.39. The van der Waals surface area contributed by atoms with E-state index >= 15 is 0 Å². The summed E-state index contributed by atoms with van der Waals surface area (Å²) in [5.74, 6) is 0.561. The van der Waals surface area contributed by atoms with Gasteiger partial charge in [0.25, 0.3) is 0 Å². The first kappa shape index (κ1) is 13.6. The molecule has 1 aromatic carbocycles. The van der Waals surface area contributed by atoms with Crippen molar-refractivity contribution in [3.05, 3.63) is 27.2 Å². The van der Waals surface area contributed by atoms with E-state index in [1.54, 1.807) is 7.11 Å². The number of benzene rings is 1. The van der Waals surface area contributed by atoms with E-state index in [-0.39, 0.29) is 12.3 Å². The Labute approximate surface area is 116 Å². The average molecular weight is 312 g/mol. The van der Waals surface area contributed by atoms with Crippen LogP contribution < -0.4 is 10.5 Å². The predicted octanol–water partition coefficient (Wildman–Crippen LogP) is 2.87. The molecule has 0 saturated carbocycles. The van der Waals surface area contributed by atoms with Crippen LogP contribution in [-0.2, 0) is 12.8 Å². The lowest BCUT2D eigenvalue weighted by Gasteiger charge is -2.16. The molecule has 0 atom stereocenters. The van der Waals surface area contributed by atoms with Crippen molar-refractivity contribution in [1.29, 1.82) is 0 Å². The van der Waals surface area contributed by atoms with Crippen LogP contribution >= 0.6 is 15.9 Å². The number of ketones is 1. The van der Waals surface area contributed by atoms with Crippen molar-refractivity contribution in [1.82, 2.24) is 0 Å². The van der Waals surface area contributed by atoms with Crippen LogP contribution in [0.15, 0.2) is 10.5 Å². The number of Topliss-reactive ketones (excluding diaryl/α,β-unsaturated/α-hetero) is 1. The minimum absolute atomic E-state index is 0.0155. The Hall–Kier alpha value is -0.870. The maximum absolute atomic E-state index is 11.9. The summed E-state index contributed by atoms with van der Waals surface area (Å²) in [6.45, 7) is 0.0155. The normalized spacial score (nSPS) is 14.8. The van der Waals surface area contributed by atoms with Gasteiger partial charge in [0.05, 0.1) is 23.7 Å². The second-order valence-electron chi connectivity index (χ2n) is 4.60. The van der Waals surface area contributed by atoms with Crippen LogP contribution in [0.2, 0.25) is 0 Å². The fourth-order valence-electron chi connectivity index (χ4n) is 2.53. The smallest absolute Gasteiger partial charge is 0.180 e. The molecular weight excluding hydrogens is 294 g/mol. The molecular formula is C14H18BrNO2. The zero-order chi connectivity index (χ0) is 13.1. The highest BCUT2D eigenvalue weighted by atomic mass is 79.9. The van der Waals surface area contributed by atoms with Gasteiger partial charge in [0, 0.05) is 0 Å². The zero-order valence-corrected chi connectivity index (χ0v) is 12.2. The molecule has 0 amide bonds. The van der Waals surface area contributed by atoms with Gasteiger partial charge in [-0.2, -0.15) is 0 Å². The Balaban J connectivity index is 2.58. The molecule has 0 aliphatic heterocycles. The molecule has 1 aliphatic carbocycles.